The first-order valence-corrected chi connectivity index (χ1v) is 7.56. The molecular formula is C19H19NO4. The number of benzene rings is 2. The average molecular weight is 325 g/mol. The molecule has 5 nitrogen and oxygen atoms in total. The summed E-state index contributed by atoms with van der Waals surface area (Å²) in [7, 11) is 4.71. The third kappa shape index (κ3) is 2.69. The highest BCUT2D eigenvalue weighted by molar-refractivity contribution is 6.30. The molecule has 5 heteroatoms. The molecule has 2 aromatic rings. The lowest BCUT2D eigenvalue weighted by atomic mass is 9.96. The van der Waals surface area contributed by atoms with Crippen LogP contribution in [0.25, 0.3) is 11.1 Å². The van der Waals surface area contributed by atoms with E-state index in [1.165, 1.54) is 0 Å². The summed E-state index contributed by atoms with van der Waals surface area (Å²) in [5.41, 5.74) is 3.33. The molecule has 0 radical (unpaired) electrons. The Bertz CT molecular complexity index is 771. The van der Waals surface area contributed by atoms with Crippen molar-refractivity contribution in [1.29, 1.82) is 0 Å². The first-order valence-electron chi connectivity index (χ1n) is 7.56. The van der Waals surface area contributed by atoms with Crippen molar-refractivity contribution in [3.63, 3.8) is 0 Å². The summed E-state index contributed by atoms with van der Waals surface area (Å²) in [4.78, 5) is 12.3. The second-order valence-corrected chi connectivity index (χ2v) is 5.32. The van der Waals surface area contributed by atoms with Gasteiger partial charge >= 0.3 is 0 Å². The van der Waals surface area contributed by atoms with Gasteiger partial charge in [-0.05, 0) is 28.8 Å². The van der Waals surface area contributed by atoms with Crippen molar-refractivity contribution in [2.75, 3.05) is 27.9 Å². The summed E-state index contributed by atoms with van der Waals surface area (Å²) in [5, 5.41) is 2.89. The Labute approximate surface area is 140 Å². The largest absolute Gasteiger partial charge is 0.493 e. The van der Waals surface area contributed by atoms with Crippen molar-refractivity contribution < 1.29 is 19.0 Å². The lowest BCUT2D eigenvalue weighted by Gasteiger charge is -2.15. The summed E-state index contributed by atoms with van der Waals surface area (Å²) in [6.45, 7) is 0.460. The highest BCUT2D eigenvalue weighted by Crippen LogP contribution is 2.41. The van der Waals surface area contributed by atoms with E-state index in [0.717, 1.165) is 16.7 Å². The van der Waals surface area contributed by atoms with Crippen molar-refractivity contribution in [2.24, 2.45) is 0 Å². The molecule has 1 N–H and O–H groups in total. The molecule has 0 aliphatic carbocycles. The van der Waals surface area contributed by atoms with E-state index in [0.29, 0.717) is 29.4 Å². The molecule has 0 atom stereocenters. The molecule has 1 amide bonds. The van der Waals surface area contributed by atoms with Crippen LogP contribution in [0, 0.1) is 0 Å². The van der Waals surface area contributed by atoms with E-state index >= 15 is 0 Å². The number of rotatable bonds is 5. The van der Waals surface area contributed by atoms with Gasteiger partial charge in [0.25, 0.3) is 5.91 Å². The van der Waals surface area contributed by atoms with Crippen molar-refractivity contribution in [2.45, 2.75) is 0 Å². The lowest BCUT2D eigenvalue weighted by Crippen LogP contribution is -2.16. The number of amides is 1. The minimum atomic E-state index is -0.0787. The Hall–Kier alpha value is -2.95. The first-order chi connectivity index (χ1) is 11.7. The van der Waals surface area contributed by atoms with Gasteiger partial charge in [-0.25, -0.2) is 0 Å². The fourth-order valence-electron chi connectivity index (χ4n) is 2.89. The SMILES string of the molecule is COc1cc(C2=C(c3ccccc3)C(=O)NC2)cc(OC)c1OC. The van der Waals surface area contributed by atoms with Gasteiger partial charge in [0, 0.05) is 6.54 Å². The maximum Gasteiger partial charge on any atom is 0.252 e. The van der Waals surface area contributed by atoms with Gasteiger partial charge in [0.1, 0.15) is 0 Å². The van der Waals surface area contributed by atoms with Crippen LogP contribution in [0.3, 0.4) is 0 Å². The van der Waals surface area contributed by atoms with Crippen LogP contribution in [-0.4, -0.2) is 33.8 Å². The Balaban J connectivity index is 2.20. The van der Waals surface area contributed by atoms with E-state index in [9.17, 15) is 4.79 Å². The zero-order valence-electron chi connectivity index (χ0n) is 13.9. The monoisotopic (exact) mass is 325 g/mol. The highest BCUT2D eigenvalue weighted by atomic mass is 16.5. The number of hydrogen-bond donors (Lipinski definition) is 1. The quantitative estimate of drug-likeness (QED) is 0.918. The summed E-state index contributed by atoms with van der Waals surface area (Å²) < 4.78 is 16.2. The summed E-state index contributed by atoms with van der Waals surface area (Å²) in [6, 6.07) is 13.3. The third-order valence-corrected chi connectivity index (χ3v) is 4.03. The van der Waals surface area contributed by atoms with Gasteiger partial charge in [0.2, 0.25) is 5.75 Å². The van der Waals surface area contributed by atoms with Crippen LogP contribution >= 0.6 is 0 Å². The molecule has 1 aliphatic rings. The molecule has 1 aliphatic heterocycles. The van der Waals surface area contributed by atoms with Crippen LogP contribution in [-0.2, 0) is 4.79 Å². The van der Waals surface area contributed by atoms with Crippen LogP contribution in [0.4, 0.5) is 0 Å². The van der Waals surface area contributed by atoms with Crippen LogP contribution in [0.1, 0.15) is 11.1 Å². The number of methoxy groups -OCH3 is 3. The molecular weight excluding hydrogens is 306 g/mol. The maximum atomic E-state index is 12.3. The second-order valence-electron chi connectivity index (χ2n) is 5.32. The highest BCUT2D eigenvalue weighted by Gasteiger charge is 2.26. The van der Waals surface area contributed by atoms with Crippen molar-refractivity contribution in [1.82, 2.24) is 5.32 Å². The molecule has 24 heavy (non-hydrogen) atoms. The predicted octanol–water partition coefficient (Wildman–Crippen LogP) is 2.75. The second kappa shape index (κ2) is 6.66. The van der Waals surface area contributed by atoms with E-state index in [1.54, 1.807) is 21.3 Å². The summed E-state index contributed by atoms with van der Waals surface area (Å²) >= 11 is 0. The summed E-state index contributed by atoms with van der Waals surface area (Å²) in [5.74, 6) is 1.57. The minimum absolute atomic E-state index is 0.0787. The molecule has 0 saturated carbocycles. The van der Waals surface area contributed by atoms with Crippen molar-refractivity contribution >= 4 is 17.1 Å². The van der Waals surface area contributed by atoms with Crippen LogP contribution in [0.2, 0.25) is 0 Å². The molecule has 0 bridgehead atoms. The maximum absolute atomic E-state index is 12.3. The lowest BCUT2D eigenvalue weighted by molar-refractivity contribution is -0.114. The Morgan fingerprint density at radius 1 is 0.875 bits per heavy atom. The molecule has 3 rings (SSSR count). The van der Waals surface area contributed by atoms with Gasteiger partial charge in [-0.1, -0.05) is 30.3 Å². The average Bonchev–Trinajstić information content (AvgIpc) is 3.02. The fourth-order valence-corrected chi connectivity index (χ4v) is 2.89. The normalized spacial score (nSPS) is 13.7. The molecule has 0 aromatic heterocycles. The van der Waals surface area contributed by atoms with Crippen molar-refractivity contribution in [3.05, 3.63) is 53.6 Å². The van der Waals surface area contributed by atoms with Gasteiger partial charge in [-0.15, -0.1) is 0 Å². The number of ether oxygens (including phenoxy) is 3. The predicted molar refractivity (Wildman–Crippen MR) is 92.4 cm³/mol. The van der Waals surface area contributed by atoms with Gasteiger partial charge in [-0.3, -0.25) is 4.79 Å². The van der Waals surface area contributed by atoms with Crippen LogP contribution in [0.5, 0.6) is 17.2 Å². The van der Waals surface area contributed by atoms with Crippen LogP contribution < -0.4 is 19.5 Å². The standard InChI is InChI=1S/C19H19NO4/c1-22-15-9-13(10-16(23-2)18(15)24-3)14-11-20-19(21)17(14)12-7-5-4-6-8-12/h4-10H,11H2,1-3H3,(H,20,21). The molecule has 1 heterocycles. The van der Waals surface area contributed by atoms with Crippen LogP contribution in [0.15, 0.2) is 42.5 Å². The van der Waals surface area contributed by atoms with Gasteiger partial charge in [0.05, 0.1) is 26.9 Å². The number of nitrogens with one attached hydrogen (secondary N) is 1. The smallest absolute Gasteiger partial charge is 0.252 e. The molecule has 124 valence electrons. The zero-order chi connectivity index (χ0) is 17.1. The topological polar surface area (TPSA) is 56.8 Å². The number of hydrogen-bond acceptors (Lipinski definition) is 4. The number of carbonyl (C=O) groups is 1. The van der Waals surface area contributed by atoms with E-state index in [4.69, 9.17) is 14.2 Å². The Morgan fingerprint density at radius 3 is 2.04 bits per heavy atom. The summed E-state index contributed by atoms with van der Waals surface area (Å²) in [6.07, 6.45) is 0. The first kappa shape index (κ1) is 15.9. The fraction of sp³-hybridized carbons (Fsp3) is 0.211. The van der Waals surface area contributed by atoms with Crippen molar-refractivity contribution in [3.8, 4) is 17.2 Å². The van der Waals surface area contributed by atoms with E-state index in [1.807, 2.05) is 42.5 Å². The van der Waals surface area contributed by atoms with Gasteiger partial charge in [0.15, 0.2) is 11.5 Å². The molecule has 2 aromatic carbocycles. The van der Waals surface area contributed by atoms with E-state index in [-0.39, 0.29) is 5.91 Å². The van der Waals surface area contributed by atoms with E-state index < -0.39 is 0 Å². The Morgan fingerprint density at radius 2 is 1.50 bits per heavy atom. The molecule has 0 saturated heterocycles. The zero-order valence-corrected chi connectivity index (χ0v) is 13.9. The third-order valence-electron chi connectivity index (χ3n) is 4.03. The van der Waals surface area contributed by atoms with Gasteiger partial charge in [-0.2, -0.15) is 0 Å². The Kier molecular flexibility index (Phi) is 4.42. The molecule has 0 fully saturated rings. The van der Waals surface area contributed by atoms with Gasteiger partial charge < -0.3 is 19.5 Å². The minimum Gasteiger partial charge on any atom is -0.493 e. The number of carbonyl (C=O) groups excluding carboxylic acids is 1. The van der Waals surface area contributed by atoms with E-state index in [2.05, 4.69) is 5.32 Å². The molecule has 0 spiro atoms. The molecule has 0 unspecified atom stereocenters.